The zero-order valence-corrected chi connectivity index (χ0v) is 13.4. The summed E-state index contributed by atoms with van der Waals surface area (Å²) >= 11 is 0. The molecule has 23 heavy (non-hydrogen) atoms. The number of hydrogen-bond acceptors (Lipinski definition) is 6. The summed E-state index contributed by atoms with van der Waals surface area (Å²) in [5.41, 5.74) is 2.81. The van der Waals surface area contributed by atoms with E-state index in [1.54, 1.807) is 10.9 Å². The summed E-state index contributed by atoms with van der Waals surface area (Å²) < 4.78 is 10.9. The molecule has 0 radical (unpaired) electrons. The van der Waals surface area contributed by atoms with Crippen molar-refractivity contribution in [3.05, 3.63) is 47.3 Å². The van der Waals surface area contributed by atoms with Crippen LogP contribution >= 0.6 is 0 Å². The fourth-order valence-corrected chi connectivity index (χ4v) is 2.23. The van der Waals surface area contributed by atoms with Gasteiger partial charge in [0.25, 0.3) is 0 Å². The average Bonchev–Trinajstić information content (AvgIpc) is 3.00. The second kappa shape index (κ2) is 7.53. The highest BCUT2D eigenvalue weighted by Gasteiger charge is 2.29. The predicted octanol–water partition coefficient (Wildman–Crippen LogP) is 1.14. The molecule has 1 aromatic carbocycles. The summed E-state index contributed by atoms with van der Waals surface area (Å²) in [6.45, 7) is 2.60. The maximum Gasteiger partial charge on any atom is 0.320 e. The first kappa shape index (κ1) is 16.7. The van der Waals surface area contributed by atoms with E-state index < -0.39 is 17.9 Å². The highest BCUT2D eigenvalue weighted by atomic mass is 16.5. The lowest BCUT2D eigenvalue weighted by Crippen LogP contribution is -2.28. The summed E-state index contributed by atoms with van der Waals surface area (Å²) in [7, 11) is 2.46. The maximum absolute atomic E-state index is 11.7. The van der Waals surface area contributed by atoms with Crippen molar-refractivity contribution in [1.82, 2.24) is 15.0 Å². The summed E-state index contributed by atoms with van der Waals surface area (Å²) in [6, 6.07) is 7.98. The van der Waals surface area contributed by atoms with Gasteiger partial charge in [-0.25, -0.2) is 4.68 Å². The first-order valence-electron chi connectivity index (χ1n) is 7.14. The van der Waals surface area contributed by atoms with Crippen molar-refractivity contribution >= 4 is 11.9 Å². The molecule has 7 heteroatoms. The highest BCUT2D eigenvalue weighted by Crippen LogP contribution is 2.12. The van der Waals surface area contributed by atoms with E-state index in [0.29, 0.717) is 12.2 Å². The standard InChI is InChI=1S/C16H19N3O4/c1-11-6-4-5-7-12(11)9-19-10-13(17-18-19)8-14(15(20)22-2)16(21)23-3/h4-7,10,14H,8-9H2,1-3H3. The van der Waals surface area contributed by atoms with Crippen molar-refractivity contribution in [2.24, 2.45) is 5.92 Å². The molecular formula is C16H19N3O4. The van der Waals surface area contributed by atoms with Gasteiger partial charge in [-0.3, -0.25) is 9.59 Å². The summed E-state index contributed by atoms with van der Waals surface area (Å²) in [4.78, 5) is 23.4. The molecule has 0 spiro atoms. The van der Waals surface area contributed by atoms with Crippen LogP contribution in [0.2, 0.25) is 0 Å². The van der Waals surface area contributed by atoms with Crippen LogP contribution in [-0.4, -0.2) is 41.2 Å². The quantitative estimate of drug-likeness (QED) is 0.587. The van der Waals surface area contributed by atoms with Crippen LogP contribution in [-0.2, 0) is 32.0 Å². The van der Waals surface area contributed by atoms with Gasteiger partial charge in [0.15, 0.2) is 5.92 Å². The largest absolute Gasteiger partial charge is 0.468 e. The van der Waals surface area contributed by atoms with E-state index in [1.165, 1.54) is 14.2 Å². The summed E-state index contributed by atoms with van der Waals surface area (Å²) in [5.74, 6) is -2.33. The number of hydrogen-bond donors (Lipinski definition) is 0. The van der Waals surface area contributed by atoms with Gasteiger partial charge in [-0.05, 0) is 18.1 Å². The minimum atomic E-state index is -1.03. The first-order valence-corrected chi connectivity index (χ1v) is 7.14. The molecule has 0 aliphatic rings. The molecule has 0 saturated heterocycles. The molecule has 0 amide bonds. The Balaban J connectivity index is 2.10. The molecule has 1 heterocycles. The number of carbonyl (C=O) groups is 2. The van der Waals surface area contributed by atoms with E-state index in [0.717, 1.165) is 11.1 Å². The van der Waals surface area contributed by atoms with Gasteiger partial charge in [0.05, 0.1) is 26.5 Å². The number of benzene rings is 1. The third-order valence-electron chi connectivity index (χ3n) is 3.56. The Morgan fingerprint density at radius 3 is 2.43 bits per heavy atom. The van der Waals surface area contributed by atoms with Crippen LogP contribution < -0.4 is 0 Å². The Hall–Kier alpha value is -2.70. The van der Waals surface area contributed by atoms with E-state index in [2.05, 4.69) is 19.8 Å². The Morgan fingerprint density at radius 1 is 1.17 bits per heavy atom. The number of carbonyl (C=O) groups excluding carboxylic acids is 2. The molecule has 0 saturated carbocycles. The molecule has 0 atom stereocenters. The van der Waals surface area contributed by atoms with Gasteiger partial charge in [-0.1, -0.05) is 29.5 Å². The normalized spacial score (nSPS) is 10.6. The van der Waals surface area contributed by atoms with Crippen LogP contribution in [0.1, 0.15) is 16.8 Å². The second-order valence-corrected chi connectivity index (χ2v) is 5.14. The van der Waals surface area contributed by atoms with E-state index in [1.807, 2.05) is 31.2 Å². The van der Waals surface area contributed by atoms with E-state index in [9.17, 15) is 9.59 Å². The Morgan fingerprint density at radius 2 is 1.83 bits per heavy atom. The van der Waals surface area contributed by atoms with Gasteiger partial charge in [0, 0.05) is 12.6 Å². The molecule has 2 aromatic rings. The second-order valence-electron chi connectivity index (χ2n) is 5.14. The van der Waals surface area contributed by atoms with Crippen molar-refractivity contribution in [3.63, 3.8) is 0 Å². The van der Waals surface area contributed by atoms with Crippen molar-refractivity contribution in [1.29, 1.82) is 0 Å². The third kappa shape index (κ3) is 4.15. The van der Waals surface area contributed by atoms with E-state index >= 15 is 0 Å². The van der Waals surface area contributed by atoms with Gasteiger partial charge < -0.3 is 9.47 Å². The molecule has 2 rings (SSSR count). The number of methoxy groups -OCH3 is 2. The Labute approximate surface area is 134 Å². The van der Waals surface area contributed by atoms with Gasteiger partial charge >= 0.3 is 11.9 Å². The van der Waals surface area contributed by atoms with Gasteiger partial charge in [-0.15, -0.1) is 5.10 Å². The number of aryl methyl sites for hydroxylation is 1. The molecular weight excluding hydrogens is 298 g/mol. The maximum atomic E-state index is 11.7. The summed E-state index contributed by atoms with van der Waals surface area (Å²) in [6.07, 6.45) is 1.80. The number of rotatable bonds is 6. The number of aromatic nitrogens is 3. The Bertz CT molecular complexity index is 680. The van der Waals surface area contributed by atoms with Crippen LogP contribution in [0.25, 0.3) is 0 Å². The highest BCUT2D eigenvalue weighted by molar-refractivity contribution is 5.95. The first-order chi connectivity index (χ1) is 11.0. The fourth-order valence-electron chi connectivity index (χ4n) is 2.23. The minimum Gasteiger partial charge on any atom is -0.468 e. The zero-order chi connectivity index (χ0) is 16.8. The van der Waals surface area contributed by atoms with Gasteiger partial charge in [0.2, 0.25) is 0 Å². The lowest BCUT2D eigenvalue weighted by Gasteiger charge is -2.10. The molecule has 7 nitrogen and oxygen atoms in total. The van der Waals surface area contributed by atoms with Crippen molar-refractivity contribution < 1.29 is 19.1 Å². The van der Waals surface area contributed by atoms with Crippen LogP contribution in [0.15, 0.2) is 30.5 Å². The number of esters is 2. The van der Waals surface area contributed by atoms with Crippen LogP contribution in [0.3, 0.4) is 0 Å². The number of ether oxygens (including phenoxy) is 2. The van der Waals surface area contributed by atoms with E-state index in [-0.39, 0.29) is 6.42 Å². The summed E-state index contributed by atoms with van der Waals surface area (Å²) in [5, 5.41) is 8.05. The van der Waals surface area contributed by atoms with Crippen LogP contribution in [0.4, 0.5) is 0 Å². The van der Waals surface area contributed by atoms with Gasteiger partial charge in [-0.2, -0.15) is 0 Å². The molecule has 122 valence electrons. The topological polar surface area (TPSA) is 83.3 Å². The van der Waals surface area contributed by atoms with Crippen molar-refractivity contribution in [2.45, 2.75) is 19.9 Å². The van der Waals surface area contributed by atoms with Crippen molar-refractivity contribution in [2.75, 3.05) is 14.2 Å². The molecule has 0 aliphatic carbocycles. The molecule has 1 aromatic heterocycles. The Kier molecular flexibility index (Phi) is 5.46. The molecule has 0 unspecified atom stereocenters. The SMILES string of the molecule is COC(=O)C(Cc1cn(Cc2ccccc2C)nn1)C(=O)OC. The lowest BCUT2D eigenvalue weighted by atomic mass is 10.0. The van der Waals surface area contributed by atoms with Crippen LogP contribution in [0, 0.1) is 12.8 Å². The molecule has 0 N–H and O–H groups in total. The smallest absolute Gasteiger partial charge is 0.320 e. The van der Waals surface area contributed by atoms with Crippen molar-refractivity contribution in [3.8, 4) is 0 Å². The monoisotopic (exact) mass is 317 g/mol. The van der Waals surface area contributed by atoms with E-state index in [4.69, 9.17) is 0 Å². The minimum absolute atomic E-state index is 0.0904. The number of nitrogens with zero attached hydrogens (tertiary/aromatic N) is 3. The lowest BCUT2D eigenvalue weighted by molar-refractivity contribution is -0.158. The molecule has 0 bridgehead atoms. The molecule has 0 fully saturated rings. The van der Waals surface area contributed by atoms with Gasteiger partial charge in [0.1, 0.15) is 0 Å². The predicted molar refractivity (Wildman–Crippen MR) is 81.5 cm³/mol. The molecule has 0 aliphatic heterocycles. The fraction of sp³-hybridized carbons (Fsp3) is 0.375. The third-order valence-corrected chi connectivity index (χ3v) is 3.56. The average molecular weight is 317 g/mol. The van der Waals surface area contributed by atoms with Crippen LogP contribution in [0.5, 0.6) is 0 Å². The zero-order valence-electron chi connectivity index (χ0n) is 13.4.